The molecular weight excluding hydrogens is 334 g/mol. The number of aromatic nitrogens is 1. The van der Waals surface area contributed by atoms with Crippen molar-refractivity contribution in [3.8, 4) is 10.6 Å². The molecule has 1 amide bonds. The molecule has 7 nitrogen and oxygen atoms in total. The van der Waals surface area contributed by atoms with E-state index in [2.05, 4.69) is 20.8 Å². The van der Waals surface area contributed by atoms with Crippen LogP contribution in [0.2, 0.25) is 0 Å². The van der Waals surface area contributed by atoms with E-state index in [1.54, 1.807) is 11.3 Å². The third kappa shape index (κ3) is 5.62. The number of rotatable bonds is 7. The van der Waals surface area contributed by atoms with Crippen LogP contribution in [0.3, 0.4) is 0 Å². The predicted molar refractivity (Wildman–Crippen MR) is 93.6 cm³/mol. The molecule has 0 saturated heterocycles. The lowest BCUT2D eigenvalue weighted by Gasteiger charge is -2.02. The van der Waals surface area contributed by atoms with Gasteiger partial charge < -0.3 is 11.1 Å². The van der Waals surface area contributed by atoms with E-state index in [9.17, 15) is 4.79 Å². The average molecular weight is 353 g/mol. The standard InChI is InChI=1S/C14H19N5O2S2/c1-3-4-21-19-13(15)18-14-17-11(8-23-14)12-5-10(7-22-12)6-16-9(2)20/h5,7-8H,3-4,6H2,1-2H3,(H,16,20)(H3,15,17,18,19). The molecule has 0 bridgehead atoms. The van der Waals surface area contributed by atoms with E-state index in [1.165, 1.54) is 18.3 Å². The average Bonchev–Trinajstić information content (AvgIpc) is 3.14. The van der Waals surface area contributed by atoms with Crippen LogP contribution < -0.4 is 16.5 Å². The van der Waals surface area contributed by atoms with Gasteiger partial charge in [-0.2, -0.15) is 4.99 Å². The number of guanidine groups is 1. The van der Waals surface area contributed by atoms with Gasteiger partial charge in [-0.1, -0.05) is 6.92 Å². The zero-order valence-corrected chi connectivity index (χ0v) is 14.6. The van der Waals surface area contributed by atoms with E-state index in [0.717, 1.165) is 22.6 Å². The molecule has 0 radical (unpaired) electrons. The summed E-state index contributed by atoms with van der Waals surface area (Å²) in [5.41, 5.74) is 10.2. The van der Waals surface area contributed by atoms with Gasteiger partial charge >= 0.3 is 0 Å². The van der Waals surface area contributed by atoms with Crippen LogP contribution in [0.1, 0.15) is 25.8 Å². The molecule has 0 aliphatic carbocycles. The highest BCUT2D eigenvalue weighted by molar-refractivity contribution is 7.15. The fourth-order valence-corrected chi connectivity index (χ4v) is 3.26. The molecular formula is C14H19N5O2S2. The van der Waals surface area contributed by atoms with Crippen molar-refractivity contribution in [2.45, 2.75) is 26.8 Å². The summed E-state index contributed by atoms with van der Waals surface area (Å²) in [6.07, 6.45) is 0.890. The second-order valence-electron chi connectivity index (χ2n) is 4.69. The number of hydrogen-bond acceptors (Lipinski definition) is 6. The van der Waals surface area contributed by atoms with E-state index in [0.29, 0.717) is 18.3 Å². The molecule has 2 aromatic heterocycles. The van der Waals surface area contributed by atoms with Gasteiger partial charge in [0.05, 0.1) is 17.2 Å². The molecule has 2 heterocycles. The first kappa shape index (κ1) is 17.4. The quantitative estimate of drug-likeness (QED) is 0.307. The first-order valence-corrected chi connectivity index (χ1v) is 8.84. The molecule has 9 heteroatoms. The summed E-state index contributed by atoms with van der Waals surface area (Å²) in [5, 5.41) is 7.25. The van der Waals surface area contributed by atoms with Crippen molar-refractivity contribution in [3.05, 3.63) is 22.4 Å². The number of carbonyl (C=O) groups excluding carboxylic acids is 1. The smallest absolute Gasteiger partial charge is 0.220 e. The molecule has 2 rings (SSSR count). The molecule has 0 atom stereocenters. The summed E-state index contributed by atoms with van der Waals surface area (Å²) < 4.78 is 0. The molecule has 0 saturated carbocycles. The molecule has 0 unspecified atom stereocenters. The van der Waals surface area contributed by atoms with Crippen molar-refractivity contribution in [2.75, 3.05) is 6.61 Å². The summed E-state index contributed by atoms with van der Waals surface area (Å²) in [5.74, 6) is 0.133. The summed E-state index contributed by atoms with van der Waals surface area (Å²) >= 11 is 2.98. The lowest BCUT2D eigenvalue weighted by Crippen LogP contribution is -2.31. The number of amides is 1. The first-order chi connectivity index (χ1) is 11.1. The van der Waals surface area contributed by atoms with Gasteiger partial charge in [0.2, 0.25) is 17.0 Å². The number of aliphatic imine (C=N–C) groups is 1. The van der Waals surface area contributed by atoms with E-state index < -0.39 is 0 Å². The molecule has 2 aromatic rings. The predicted octanol–water partition coefficient (Wildman–Crippen LogP) is 2.39. The van der Waals surface area contributed by atoms with Crippen molar-refractivity contribution in [1.29, 1.82) is 0 Å². The molecule has 0 aliphatic heterocycles. The van der Waals surface area contributed by atoms with Crippen LogP contribution in [0.15, 0.2) is 21.8 Å². The summed E-state index contributed by atoms with van der Waals surface area (Å²) in [4.78, 5) is 25.6. The van der Waals surface area contributed by atoms with Gasteiger partial charge in [0.15, 0.2) is 0 Å². The molecule has 0 aliphatic rings. The number of nitrogens with zero attached hydrogens (tertiary/aromatic N) is 2. The van der Waals surface area contributed by atoms with E-state index in [-0.39, 0.29) is 11.9 Å². The monoisotopic (exact) mass is 353 g/mol. The topological polar surface area (TPSA) is 102 Å². The third-order valence-electron chi connectivity index (χ3n) is 2.64. The minimum absolute atomic E-state index is 0.0451. The SMILES string of the molecule is CCCONC(N)=Nc1nc(-c2cc(CNC(C)=O)cs2)cs1. The van der Waals surface area contributed by atoms with Crippen LogP contribution in [0, 0.1) is 0 Å². The molecule has 124 valence electrons. The second-order valence-corrected chi connectivity index (χ2v) is 6.44. The number of hydroxylamine groups is 1. The Kier molecular flexibility index (Phi) is 6.51. The first-order valence-electron chi connectivity index (χ1n) is 7.08. The van der Waals surface area contributed by atoms with Gasteiger partial charge in [0.25, 0.3) is 0 Å². The Hall–Kier alpha value is -1.97. The van der Waals surface area contributed by atoms with Gasteiger partial charge in [0.1, 0.15) is 0 Å². The number of nitrogens with two attached hydrogens (primary N) is 1. The molecule has 0 spiro atoms. The van der Waals surface area contributed by atoms with Crippen LogP contribution in [0.25, 0.3) is 10.6 Å². The van der Waals surface area contributed by atoms with Crippen LogP contribution in [0.4, 0.5) is 5.13 Å². The Morgan fingerprint density at radius 3 is 3.00 bits per heavy atom. The van der Waals surface area contributed by atoms with Crippen LogP contribution in [-0.4, -0.2) is 23.5 Å². The fourth-order valence-electron chi connectivity index (χ4n) is 1.61. The normalized spacial score (nSPS) is 11.5. The minimum Gasteiger partial charge on any atom is -0.368 e. The third-order valence-corrected chi connectivity index (χ3v) is 4.37. The van der Waals surface area contributed by atoms with E-state index >= 15 is 0 Å². The zero-order valence-electron chi connectivity index (χ0n) is 13.0. The zero-order chi connectivity index (χ0) is 16.7. The van der Waals surface area contributed by atoms with Crippen molar-refractivity contribution in [2.24, 2.45) is 10.7 Å². The van der Waals surface area contributed by atoms with E-state index in [4.69, 9.17) is 10.6 Å². The van der Waals surface area contributed by atoms with Gasteiger partial charge in [-0.25, -0.2) is 10.5 Å². The van der Waals surface area contributed by atoms with E-state index in [1.807, 2.05) is 23.8 Å². The highest BCUT2D eigenvalue weighted by atomic mass is 32.1. The number of carbonyl (C=O) groups is 1. The van der Waals surface area contributed by atoms with Crippen molar-refractivity contribution >= 4 is 39.7 Å². The van der Waals surface area contributed by atoms with Crippen LogP contribution in [0.5, 0.6) is 0 Å². The molecule has 0 fully saturated rings. The highest BCUT2D eigenvalue weighted by Gasteiger charge is 2.08. The van der Waals surface area contributed by atoms with Gasteiger partial charge in [-0.3, -0.25) is 9.63 Å². The summed E-state index contributed by atoms with van der Waals surface area (Å²) in [7, 11) is 0. The van der Waals surface area contributed by atoms with Gasteiger partial charge in [0, 0.05) is 18.8 Å². The lowest BCUT2D eigenvalue weighted by atomic mass is 10.3. The van der Waals surface area contributed by atoms with Crippen LogP contribution >= 0.6 is 22.7 Å². The van der Waals surface area contributed by atoms with Gasteiger partial charge in [-0.15, -0.1) is 22.7 Å². The maximum absolute atomic E-state index is 10.9. The molecule has 23 heavy (non-hydrogen) atoms. The Balaban J connectivity index is 1.98. The maximum atomic E-state index is 10.9. The summed E-state index contributed by atoms with van der Waals surface area (Å²) in [6, 6.07) is 2.01. The van der Waals surface area contributed by atoms with Crippen LogP contribution in [-0.2, 0) is 16.2 Å². The van der Waals surface area contributed by atoms with Gasteiger partial charge in [-0.05, 0) is 23.4 Å². The largest absolute Gasteiger partial charge is 0.368 e. The number of hydrogen-bond donors (Lipinski definition) is 3. The Morgan fingerprint density at radius 2 is 2.26 bits per heavy atom. The maximum Gasteiger partial charge on any atom is 0.220 e. The van der Waals surface area contributed by atoms with Crippen molar-refractivity contribution in [3.63, 3.8) is 0 Å². The highest BCUT2D eigenvalue weighted by Crippen LogP contribution is 2.31. The Bertz CT molecular complexity index is 680. The fraction of sp³-hybridized carbons (Fsp3) is 0.357. The number of thiophene rings is 1. The second kappa shape index (κ2) is 8.61. The summed E-state index contributed by atoms with van der Waals surface area (Å²) in [6.45, 7) is 4.59. The molecule has 4 N–H and O–H groups in total. The molecule has 0 aromatic carbocycles. The lowest BCUT2D eigenvalue weighted by molar-refractivity contribution is -0.119. The number of nitrogens with one attached hydrogen (secondary N) is 2. The number of thiazole rings is 1. The van der Waals surface area contributed by atoms with Crippen molar-refractivity contribution < 1.29 is 9.63 Å². The van der Waals surface area contributed by atoms with Crippen molar-refractivity contribution in [1.82, 2.24) is 15.8 Å². The minimum atomic E-state index is -0.0451. The Labute approximate surface area is 142 Å². The Morgan fingerprint density at radius 1 is 1.43 bits per heavy atom.